The van der Waals surface area contributed by atoms with Crippen LogP contribution in [0.2, 0.25) is 0 Å². The summed E-state index contributed by atoms with van der Waals surface area (Å²) in [7, 11) is 0. The van der Waals surface area contributed by atoms with Crippen molar-refractivity contribution in [2.45, 2.75) is 39.2 Å². The van der Waals surface area contributed by atoms with Crippen LogP contribution in [0.4, 0.5) is 0 Å². The zero-order valence-electron chi connectivity index (χ0n) is 10.9. The van der Waals surface area contributed by atoms with Gasteiger partial charge in [-0.1, -0.05) is 18.6 Å². The first-order valence-electron chi connectivity index (χ1n) is 6.49. The molecule has 3 atom stereocenters. The van der Waals surface area contributed by atoms with Crippen LogP contribution in [0.25, 0.3) is 0 Å². The molecule has 2 nitrogen and oxygen atoms in total. The highest BCUT2D eigenvalue weighted by Gasteiger charge is 2.25. The zero-order chi connectivity index (χ0) is 13.1. The number of aromatic nitrogens is 1. The molecule has 0 bridgehead atoms. The maximum absolute atomic E-state index is 10.4. The van der Waals surface area contributed by atoms with Crippen molar-refractivity contribution in [3.63, 3.8) is 0 Å². The predicted molar refractivity (Wildman–Crippen MR) is 77.3 cm³/mol. The number of halogens is 1. The molecule has 18 heavy (non-hydrogen) atoms. The highest BCUT2D eigenvalue weighted by atomic mass is 79.9. The van der Waals surface area contributed by atoms with Gasteiger partial charge >= 0.3 is 0 Å². The molecule has 1 heterocycles. The Bertz CT molecular complexity index is 444. The first-order chi connectivity index (χ1) is 8.54. The predicted octanol–water partition coefficient (Wildman–Crippen LogP) is 3.74. The minimum Gasteiger partial charge on any atom is -0.392 e. The minimum absolute atomic E-state index is 0.271. The van der Waals surface area contributed by atoms with E-state index >= 15 is 0 Å². The molecule has 1 aliphatic rings. The molecule has 0 fully saturated rings. The first kappa shape index (κ1) is 13.8. The van der Waals surface area contributed by atoms with Gasteiger partial charge in [0.2, 0.25) is 0 Å². The zero-order valence-corrected chi connectivity index (χ0v) is 12.5. The van der Waals surface area contributed by atoms with Crippen LogP contribution in [0.1, 0.15) is 32.3 Å². The molecular formula is C15H20BrNO. The Balaban J connectivity index is 2.00. The number of rotatable bonds is 3. The fourth-order valence-electron chi connectivity index (χ4n) is 2.86. The van der Waals surface area contributed by atoms with Crippen LogP contribution in [0.5, 0.6) is 0 Å². The molecule has 1 N–H and O–H groups in total. The van der Waals surface area contributed by atoms with Gasteiger partial charge in [-0.05, 0) is 59.2 Å². The Morgan fingerprint density at radius 3 is 2.94 bits per heavy atom. The lowest BCUT2D eigenvalue weighted by Gasteiger charge is -2.29. The number of pyridine rings is 1. The average molecular weight is 310 g/mol. The second kappa shape index (κ2) is 5.98. The van der Waals surface area contributed by atoms with E-state index < -0.39 is 0 Å². The van der Waals surface area contributed by atoms with Gasteiger partial charge in [-0.3, -0.25) is 4.98 Å². The molecule has 0 aliphatic heterocycles. The number of aliphatic hydroxyl groups excluding tert-OH is 1. The number of aliphatic hydroxyl groups is 1. The summed E-state index contributed by atoms with van der Waals surface area (Å²) in [6, 6.07) is 2.03. The normalized spacial score (nSPS) is 25.7. The number of allylic oxidation sites excluding steroid dienone is 2. The summed E-state index contributed by atoms with van der Waals surface area (Å²) in [5.41, 5.74) is 2.50. The van der Waals surface area contributed by atoms with Gasteiger partial charge in [-0.25, -0.2) is 0 Å². The summed E-state index contributed by atoms with van der Waals surface area (Å²) in [5.74, 6) is 0.961. The Morgan fingerprint density at radius 2 is 2.28 bits per heavy atom. The Kier molecular flexibility index (Phi) is 4.57. The summed E-state index contributed by atoms with van der Waals surface area (Å²) in [6.45, 7) is 4.39. The molecule has 0 aromatic carbocycles. The van der Waals surface area contributed by atoms with E-state index in [0.717, 1.165) is 22.9 Å². The molecule has 3 unspecified atom stereocenters. The van der Waals surface area contributed by atoms with Crippen LogP contribution in [0.15, 0.2) is 34.6 Å². The first-order valence-corrected chi connectivity index (χ1v) is 7.28. The number of nitrogens with zero attached hydrogens (tertiary/aromatic N) is 1. The molecular weight excluding hydrogens is 290 g/mol. The van der Waals surface area contributed by atoms with Crippen molar-refractivity contribution in [1.29, 1.82) is 0 Å². The average Bonchev–Trinajstić information content (AvgIpc) is 2.27. The standard InChI is InChI=1S/C15H20BrNO/c1-10-3-11(2)5-13(4-10)15(18)7-12-6-14(16)9-17-8-12/h3,6,8-10,13,15,18H,4-5,7H2,1-2H3. The van der Waals surface area contributed by atoms with Crippen LogP contribution in [0.3, 0.4) is 0 Å². The quantitative estimate of drug-likeness (QED) is 0.863. The number of hydrogen-bond acceptors (Lipinski definition) is 2. The van der Waals surface area contributed by atoms with Crippen molar-refractivity contribution >= 4 is 15.9 Å². The second-order valence-electron chi connectivity index (χ2n) is 5.47. The maximum atomic E-state index is 10.4. The van der Waals surface area contributed by atoms with Crippen molar-refractivity contribution in [2.24, 2.45) is 11.8 Å². The SMILES string of the molecule is CC1=CC(C)CC(C(O)Cc2cncc(Br)c2)C1. The van der Waals surface area contributed by atoms with Gasteiger partial charge in [0.05, 0.1) is 6.10 Å². The second-order valence-corrected chi connectivity index (χ2v) is 6.39. The molecule has 1 aromatic rings. The summed E-state index contributed by atoms with van der Waals surface area (Å²) in [5, 5.41) is 10.4. The third-order valence-corrected chi connectivity index (χ3v) is 4.01. The van der Waals surface area contributed by atoms with Crippen molar-refractivity contribution in [3.8, 4) is 0 Å². The van der Waals surface area contributed by atoms with E-state index in [1.807, 2.05) is 12.3 Å². The highest BCUT2D eigenvalue weighted by Crippen LogP contribution is 2.31. The Labute approximate surface area is 117 Å². The summed E-state index contributed by atoms with van der Waals surface area (Å²) in [6.07, 6.45) is 8.45. The minimum atomic E-state index is -0.271. The van der Waals surface area contributed by atoms with Gasteiger partial charge < -0.3 is 5.11 Å². The van der Waals surface area contributed by atoms with Crippen LogP contribution >= 0.6 is 15.9 Å². The molecule has 0 saturated heterocycles. The van der Waals surface area contributed by atoms with Gasteiger partial charge in [0, 0.05) is 23.3 Å². The molecule has 0 radical (unpaired) electrons. The van der Waals surface area contributed by atoms with Crippen molar-refractivity contribution in [2.75, 3.05) is 0 Å². The molecule has 0 spiro atoms. The molecule has 0 saturated carbocycles. The van der Waals surface area contributed by atoms with Gasteiger partial charge in [0.15, 0.2) is 0 Å². The molecule has 2 rings (SSSR count). The monoisotopic (exact) mass is 309 g/mol. The third kappa shape index (κ3) is 3.66. The largest absolute Gasteiger partial charge is 0.392 e. The Hall–Kier alpha value is -0.670. The van der Waals surface area contributed by atoms with Gasteiger partial charge in [0.25, 0.3) is 0 Å². The van der Waals surface area contributed by atoms with E-state index in [9.17, 15) is 5.11 Å². The number of hydrogen-bond donors (Lipinski definition) is 1. The molecule has 3 heteroatoms. The van der Waals surface area contributed by atoms with E-state index in [1.54, 1.807) is 6.20 Å². The van der Waals surface area contributed by atoms with Crippen molar-refractivity contribution < 1.29 is 5.11 Å². The van der Waals surface area contributed by atoms with E-state index in [1.165, 1.54) is 5.57 Å². The topological polar surface area (TPSA) is 33.1 Å². The lowest BCUT2D eigenvalue weighted by Crippen LogP contribution is -2.27. The smallest absolute Gasteiger partial charge is 0.0612 e. The fourth-order valence-corrected chi connectivity index (χ4v) is 3.28. The van der Waals surface area contributed by atoms with Crippen LogP contribution in [-0.4, -0.2) is 16.2 Å². The molecule has 98 valence electrons. The molecule has 1 aliphatic carbocycles. The lowest BCUT2D eigenvalue weighted by molar-refractivity contribution is 0.0931. The van der Waals surface area contributed by atoms with Crippen LogP contribution in [-0.2, 0) is 6.42 Å². The van der Waals surface area contributed by atoms with E-state index in [0.29, 0.717) is 18.3 Å². The van der Waals surface area contributed by atoms with Gasteiger partial charge in [0.1, 0.15) is 0 Å². The summed E-state index contributed by atoms with van der Waals surface area (Å²) < 4.78 is 0.972. The highest BCUT2D eigenvalue weighted by molar-refractivity contribution is 9.10. The third-order valence-electron chi connectivity index (χ3n) is 3.58. The van der Waals surface area contributed by atoms with Crippen molar-refractivity contribution in [3.05, 3.63) is 40.1 Å². The Morgan fingerprint density at radius 1 is 1.50 bits per heavy atom. The fraction of sp³-hybridized carbons (Fsp3) is 0.533. The molecule has 1 aromatic heterocycles. The van der Waals surface area contributed by atoms with E-state index in [4.69, 9.17) is 0 Å². The van der Waals surface area contributed by atoms with E-state index in [-0.39, 0.29) is 6.10 Å². The summed E-state index contributed by atoms with van der Waals surface area (Å²) in [4.78, 5) is 4.14. The van der Waals surface area contributed by atoms with Crippen LogP contribution in [0, 0.1) is 11.8 Å². The van der Waals surface area contributed by atoms with Gasteiger partial charge in [-0.15, -0.1) is 0 Å². The van der Waals surface area contributed by atoms with Crippen LogP contribution < -0.4 is 0 Å². The lowest BCUT2D eigenvalue weighted by atomic mass is 9.79. The summed E-state index contributed by atoms with van der Waals surface area (Å²) >= 11 is 3.41. The van der Waals surface area contributed by atoms with E-state index in [2.05, 4.69) is 40.8 Å². The van der Waals surface area contributed by atoms with Crippen molar-refractivity contribution in [1.82, 2.24) is 4.98 Å². The maximum Gasteiger partial charge on any atom is 0.0612 e. The molecule has 0 amide bonds. The van der Waals surface area contributed by atoms with Gasteiger partial charge in [-0.2, -0.15) is 0 Å².